The van der Waals surface area contributed by atoms with Crippen molar-refractivity contribution in [3.63, 3.8) is 0 Å². The molecule has 1 N–H and O–H groups in total. The molecule has 0 aromatic carbocycles. The van der Waals surface area contributed by atoms with Gasteiger partial charge in [-0.25, -0.2) is 0 Å². The standard InChI is InChI=1S/C48H95NO5/c1-7-11-21-31-44(32-22-12-8-2)35-29-41-53-46(51)37-25-17-15-19-27-39-49(48(5,6)43-50)40-28-20-16-18-26-38-47(52)54-42-30-36-45(33-23-13-9-3)34-24-14-10-4/h44-45,50H,7-43H2,1-6H3. The van der Waals surface area contributed by atoms with E-state index in [1.54, 1.807) is 0 Å². The molecule has 0 amide bonds. The first-order chi connectivity index (χ1) is 26.2. The summed E-state index contributed by atoms with van der Waals surface area (Å²) < 4.78 is 11.2. The Labute approximate surface area is 337 Å². The Morgan fingerprint density at radius 3 is 1.11 bits per heavy atom. The van der Waals surface area contributed by atoms with Crippen LogP contribution in [-0.4, -0.2) is 60.4 Å². The van der Waals surface area contributed by atoms with Gasteiger partial charge in [0.2, 0.25) is 0 Å². The number of rotatable bonds is 42. The highest BCUT2D eigenvalue weighted by molar-refractivity contribution is 5.69. The van der Waals surface area contributed by atoms with Gasteiger partial charge in [-0.05, 0) is 90.1 Å². The van der Waals surface area contributed by atoms with Crippen molar-refractivity contribution in [3.8, 4) is 0 Å². The van der Waals surface area contributed by atoms with Gasteiger partial charge < -0.3 is 14.6 Å². The van der Waals surface area contributed by atoms with Crippen LogP contribution in [0.1, 0.15) is 247 Å². The second-order valence-corrected chi connectivity index (χ2v) is 17.4. The summed E-state index contributed by atoms with van der Waals surface area (Å²) in [6.07, 6.45) is 37.4. The maximum Gasteiger partial charge on any atom is 0.305 e. The fourth-order valence-electron chi connectivity index (χ4n) is 7.88. The van der Waals surface area contributed by atoms with Crippen molar-refractivity contribution in [1.82, 2.24) is 4.90 Å². The van der Waals surface area contributed by atoms with Crippen LogP contribution in [0.2, 0.25) is 0 Å². The van der Waals surface area contributed by atoms with Gasteiger partial charge in [-0.2, -0.15) is 0 Å². The van der Waals surface area contributed by atoms with E-state index in [9.17, 15) is 14.7 Å². The molecule has 0 aromatic rings. The molecule has 0 saturated heterocycles. The number of ether oxygens (including phenoxy) is 2. The third-order valence-electron chi connectivity index (χ3n) is 11.8. The predicted molar refractivity (Wildman–Crippen MR) is 232 cm³/mol. The normalized spacial score (nSPS) is 12.0. The summed E-state index contributed by atoms with van der Waals surface area (Å²) in [6, 6.07) is 0. The largest absolute Gasteiger partial charge is 0.466 e. The summed E-state index contributed by atoms with van der Waals surface area (Å²) in [6.45, 7) is 16.7. The Morgan fingerprint density at radius 2 is 0.778 bits per heavy atom. The summed E-state index contributed by atoms with van der Waals surface area (Å²) in [5, 5.41) is 10.1. The van der Waals surface area contributed by atoms with E-state index in [4.69, 9.17) is 9.47 Å². The number of carbonyl (C=O) groups is 2. The van der Waals surface area contributed by atoms with Crippen LogP contribution in [0.15, 0.2) is 0 Å². The topological polar surface area (TPSA) is 76.1 Å². The lowest BCUT2D eigenvalue weighted by atomic mass is 9.91. The highest BCUT2D eigenvalue weighted by atomic mass is 16.5. The van der Waals surface area contributed by atoms with Crippen LogP contribution in [0.4, 0.5) is 0 Å². The molecule has 0 aliphatic carbocycles. The minimum Gasteiger partial charge on any atom is -0.466 e. The molecule has 0 rings (SSSR count). The monoisotopic (exact) mass is 766 g/mol. The summed E-state index contributed by atoms with van der Waals surface area (Å²) in [5.41, 5.74) is -0.219. The van der Waals surface area contributed by atoms with Crippen LogP contribution in [0.25, 0.3) is 0 Å². The number of unbranched alkanes of at least 4 members (excludes halogenated alkanes) is 16. The molecule has 0 aliphatic rings. The van der Waals surface area contributed by atoms with E-state index in [1.807, 2.05) is 0 Å². The van der Waals surface area contributed by atoms with Crippen molar-refractivity contribution in [2.24, 2.45) is 11.8 Å². The molecule has 6 heteroatoms. The first-order valence-electron chi connectivity index (χ1n) is 23.9. The molecule has 0 aromatic heterocycles. The molecule has 0 fully saturated rings. The van der Waals surface area contributed by atoms with Gasteiger partial charge in [0.1, 0.15) is 0 Å². The van der Waals surface area contributed by atoms with Gasteiger partial charge in [0, 0.05) is 18.4 Å². The maximum absolute atomic E-state index is 12.3. The average Bonchev–Trinajstić information content (AvgIpc) is 3.16. The van der Waals surface area contributed by atoms with Crippen LogP contribution in [0.3, 0.4) is 0 Å². The third kappa shape index (κ3) is 33.0. The highest BCUT2D eigenvalue weighted by Gasteiger charge is 2.25. The molecule has 0 unspecified atom stereocenters. The summed E-state index contributed by atoms with van der Waals surface area (Å²) >= 11 is 0. The van der Waals surface area contributed by atoms with E-state index < -0.39 is 0 Å². The molecule has 54 heavy (non-hydrogen) atoms. The minimum atomic E-state index is -0.219. The Balaban J connectivity index is 4.06. The van der Waals surface area contributed by atoms with Gasteiger partial charge in [-0.3, -0.25) is 14.5 Å². The number of hydrogen-bond acceptors (Lipinski definition) is 6. The molecule has 322 valence electrons. The lowest BCUT2D eigenvalue weighted by Crippen LogP contribution is -2.47. The first-order valence-corrected chi connectivity index (χ1v) is 23.9. The van der Waals surface area contributed by atoms with Crippen LogP contribution in [0.5, 0.6) is 0 Å². The quantitative estimate of drug-likeness (QED) is 0.0493. The number of hydrogen-bond donors (Lipinski definition) is 1. The molecule has 0 heterocycles. The average molecular weight is 766 g/mol. The van der Waals surface area contributed by atoms with E-state index in [0.717, 1.165) is 102 Å². The van der Waals surface area contributed by atoms with Gasteiger partial charge in [-0.1, -0.05) is 169 Å². The molecule has 6 nitrogen and oxygen atoms in total. The number of esters is 2. The molecule has 0 spiro atoms. The summed E-state index contributed by atoms with van der Waals surface area (Å²) in [5.74, 6) is 1.55. The van der Waals surface area contributed by atoms with E-state index in [-0.39, 0.29) is 24.1 Å². The molecular formula is C48H95NO5. The van der Waals surface area contributed by atoms with Crippen molar-refractivity contribution >= 4 is 11.9 Å². The SMILES string of the molecule is CCCCCC(CCCCC)CCCOC(=O)CCCCCCCN(CCCCCCCC(=O)OCCCC(CCCCC)CCCCC)C(C)(C)CO. The molecule has 0 radical (unpaired) electrons. The smallest absolute Gasteiger partial charge is 0.305 e. The van der Waals surface area contributed by atoms with E-state index >= 15 is 0 Å². The Morgan fingerprint density at radius 1 is 0.463 bits per heavy atom. The molecule has 0 atom stereocenters. The van der Waals surface area contributed by atoms with E-state index in [0.29, 0.717) is 26.1 Å². The van der Waals surface area contributed by atoms with Crippen LogP contribution < -0.4 is 0 Å². The predicted octanol–water partition coefficient (Wildman–Crippen LogP) is 13.9. The number of nitrogens with zero attached hydrogens (tertiary/aromatic N) is 1. The Kier molecular flexibility index (Phi) is 37.9. The fourth-order valence-corrected chi connectivity index (χ4v) is 7.88. The van der Waals surface area contributed by atoms with Gasteiger partial charge >= 0.3 is 11.9 Å². The zero-order valence-corrected chi connectivity index (χ0v) is 37.3. The van der Waals surface area contributed by atoms with Crippen LogP contribution >= 0.6 is 0 Å². The van der Waals surface area contributed by atoms with E-state index in [1.165, 1.54) is 116 Å². The van der Waals surface area contributed by atoms with Crippen molar-refractivity contribution in [2.75, 3.05) is 32.9 Å². The number of aliphatic hydroxyl groups is 1. The van der Waals surface area contributed by atoms with Crippen molar-refractivity contribution in [2.45, 2.75) is 253 Å². The molecule has 0 aliphatic heterocycles. The van der Waals surface area contributed by atoms with Crippen molar-refractivity contribution in [3.05, 3.63) is 0 Å². The number of carbonyl (C=O) groups excluding carboxylic acids is 2. The maximum atomic E-state index is 12.3. The molecule has 0 saturated carbocycles. The van der Waals surface area contributed by atoms with Crippen molar-refractivity contribution < 1.29 is 24.2 Å². The van der Waals surface area contributed by atoms with Gasteiger partial charge in [0.05, 0.1) is 19.8 Å². The minimum absolute atomic E-state index is 0.0239. The van der Waals surface area contributed by atoms with Crippen LogP contribution in [0, 0.1) is 11.8 Å². The molecular weight excluding hydrogens is 671 g/mol. The Hall–Kier alpha value is -1.14. The highest BCUT2D eigenvalue weighted by Crippen LogP contribution is 2.24. The van der Waals surface area contributed by atoms with E-state index in [2.05, 4.69) is 46.4 Å². The van der Waals surface area contributed by atoms with Gasteiger partial charge in [0.15, 0.2) is 0 Å². The zero-order chi connectivity index (χ0) is 40.0. The van der Waals surface area contributed by atoms with Crippen molar-refractivity contribution in [1.29, 1.82) is 0 Å². The summed E-state index contributed by atoms with van der Waals surface area (Å²) in [4.78, 5) is 27.1. The molecule has 0 bridgehead atoms. The summed E-state index contributed by atoms with van der Waals surface area (Å²) in [7, 11) is 0. The van der Waals surface area contributed by atoms with Gasteiger partial charge in [0.25, 0.3) is 0 Å². The number of aliphatic hydroxyl groups excluding tert-OH is 1. The second kappa shape index (κ2) is 38.7. The lowest BCUT2D eigenvalue weighted by molar-refractivity contribution is -0.144. The Bertz CT molecular complexity index is 739. The third-order valence-corrected chi connectivity index (χ3v) is 11.8. The second-order valence-electron chi connectivity index (χ2n) is 17.4. The van der Waals surface area contributed by atoms with Gasteiger partial charge in [-0.15, -0.1) is 0 Å². The first kappa shape index (κ1) is 52.9. The fraction of sp³-hybridized carbons (Fsp3) is 0.958. The van der Waals surface area contributed by atoms with Crippen LogP contribution in [-0.2, 0) is 19.1 Å². The zero-order valence-electron chi connectivity index (χ0n) is 37.3. The lowest BCUT2D eigenvalue weighted by Gasteiger charge is -2.37.